The lowest BCUT2D eigenvalue weighted by atomic mass is 9.96. The molecule has 0 aliphatic heterocycles. The molecule has 12 aromatic rings. The molecule has 0 spiro atoms. The van der Waals surface area contributed by atoms with Gasteiger partial charge in [-0.15, -0.1) is 0 Å². The first-order valence-electron chi connectivity index (χ1n) is 22.9. The molecule has 8 nitrogen and oxygen atoms in total. The Balaban J connectivity index is 0.975. The summed E-state index contributed by atoms with van der Waals surface area (Å²) in [5.41, 5.74) is 12.2. The van der Waals surface area contributed by atoms with Crippen LogP contribution in [-0.2, 0) is 0 Å². The van der Waals surface area contributed by atoms with Crippen molar-refractivity contribution in [2.75, 3.05) is 0 Å². The molecule has 8 heteroatoms. The highest BCUT2D eigenvalue weighted by atomic mass is 15.1. The molecule has 1 aliphatic carbocycles. The van der Waals surface area contributed by atoms with Gasteiger partial charge in [0.2, 0.25) is 0 Å². The van der Waals surface area contributed by atoms with Crippen molar-refractivity contribution in [1.82, 2.24) is 39.0 Å². The van der Waals surface area contributed by atoms with Gasteiger partial charge in [0.05, 0.1) is 44.8 Å². The van der Waals surface area contributed by atoms with E-state index in [1.165, 1.54) is 0 Å². The predicted octanol–water partition coefficient (Wildman–Crippen LogP) is 14.2. The quantitative estimate of drug-likeness (QED) is 0.151. The Bertz CT molecular complexity index is 3890. The number of rotatable bonds is 8. The van der Waals surface area contributed by atoms with E-state index in [1.807, 2.05) is 72.8 Å². The second kappa shape index (κ2) is 16.4. The number of benzene rings is 6. The zero-order valence-corrected chi connectivity index (χ0v) is 36.7. The standard InChI is InChI=1S/C60H40N8/c1-5-19-39(20-6-1)47-37-48(40-21-7-2-8-22-40)64-59(63-47)45-29-17-33-55(61-45)67-51-31-15-13-27-43(51)57-53(67)35-36-54-58(57)44-28-14-16-32-52(44)68(54)56-34-18-30-46(62-56)60-65-49(41-23-9-3-10-24-41)38-50(66-60)42-25-11-4-12-26-42/h1-25,27-38,42H,26H2. The Morgan fingerprint density at radius 2 is 0.809 bits per heavy atom. The molecule has 6 heterocycles. The summed E-state index contributed by atoms with van der Waals surface area (Å²) in [6.45, 7) is 0. The average molecular weight is 873 g/mol. The molecule has 6 aromatic heterocycles. The van der Waals surface area contributed by atoms with Crippen molar-refractivity contribution < 1.29 is 0 Å². The van der Waals surface area contributed by atoms with Gasteiger partial charge in [-0.2, -0.15) is 0 Å². The van der Waals surface area contributed by atoms with Crippen molar-refractivity contribution in [1.29, 1.82) is 0 Å². The summed E-state index contributed by atoms with van der Waals surface area (Å²) in [4.78, 5) is 31.3. The topological polar surface area (TPSA) is 87.2 Å². The fourth-order valence-electron chi connectivity index (χ4n) is 9.76. The summed E-state index contributed by atoms with van der Waals surface area (Å²) in [5.74, 6) is 2.87. The van der Waals surface area contributed by atoms with Gasteiger partial charge in [-0.05, 0) is 67.1 Å². The minimum Gasteiger partial charge on any atom is -0.294 e. The molecule has 0 saturated carbocycles. The van der Waals surface area contributed by atoms with Crippen molar-refractivity contribution >= 4 is 43.6 Å². The number of aromatic nitrogens is 8. The van der Waals surface area contributed by atoms with E-state index in [2.05, 4.69) is 161 Å². The smallest absolute Gasteiger partial charge is 0.179 e. The van der Waals surface area contributed by atoms with Gasteiger partial charge in [-0.25, -0.2) is 29.9 Å². The number of para-hydroxylation sites is 2. The van der Waals surface area contributed by atoms with E-state index in [-0.39, 0.29) is 5.92 Å². The van der Waals surface area contributed by atoms with Gasteiger partial charge in [0.15, 0.2) is 11.6 Å². The third-order valence-corrected chi connectivity index (χ3v) is 12.9. The molecule has 0 radical (unpaired) electrons. The average Bonchev–Trinajstić information content (AvgIpc) is 3.95. The van der Waals surface area contributed by atoms with Gasteiger partial charge in [0.25, 0.3) is 0 Å². The molecule has 0 amide bonds. The largest absolute Gasteiger partial charge is 0.294 e. The molecule has 6 aromatic carbocycles. The SMILES string of the molecule is C1=CCC(c2cc(-c3ccccc3)nc(-c3cccc(-n4c5ccccc5c5c6c7ccccc7n(-c7cccc(-c8nc(-c9ccccc9)cc(-c9ccccc9)n8)n7)c6ccc54)n3)n2)C=C1. The van der Waals surface area contributed by atoms with Crippen LogP contribution in [0.15, 0.2) is 224 Å². The number of nitrogens with zero attached hydrogens (tertiary/aromatic N) is 8. The first kappa shape index (κ1) is 39.2. The van der Waals surface area contributed by atoms with E-state index in [0.717, 1.165) is 101 Å². The van der Waals surface area contributed by atoms with Gasteiger partial charge in [0, 0.05) is 44.2 Å². The summed E-state index contributed by atoms with van der Waals surface area (Å²) >= 11 is 0. The number of fused-ring (bicyclic) bond motifs is 7. The van der Waals surface area contributed by atoms with Crippen LogP contribution in [0, 0.1) is 0 Å². The molecule has 1 aliphatic rings. The molecule has 13 rings (SSSR count). The molecule has 320 valence electrons. The minimum absolute atomic E-state index is 0.151. The van der Waals surface area contributed by atoms with E-state index >= 15 is 0 Å². The summed E-state index contributed by atoms with van der Waals surface area (Å²) in [7, 11) is 0. The highest BCUT2D eigenvalue weighted by molar-refractivity contribution is 6.28. The maximum atomic E-state index is 5.37. The number of allylic oxidation sites excluding steroid dienone is 4. The first-order chi connectivity index (χ1) is 33.7. The highest BCUT2D eigenvalue weighted by Crippen LogP contribution is 2.42. The van der Waals surface area contributed by atoms with Gasteiger partial charge >= 0.3 is 0 Å². The van der Waals surface area contributed by atoms with Crippen molar-refractivity contribution in [3.63, 3.8) is 0 Å². The number of hydrogen-bond acceptors (Lipinski definition) is 6. The monoisotopic (exact) mass is 872 g/mol. The molecular weight excluding hydrogens is 833 g/mol. The van der Waals surface area contributed by atoms with Crippen LogP contribution >= 0.6 is 0 Å². The minimum atomic E-state index is 0.151. The van der Waals surface area contributed by atoms with Gasteiger partial charge < -0.3 is 0 Å². The normalized spacial score (nSPS) is 13.6. The van der Waals surface area contributed by atoms with Crippen LogP contribution in [-0.4, -0.2) is 39.0 Å². The lowest BCUT2D eigenvalue weighted by Gasteiger charge is -2.15. The second-order valence-corrected chi connectivity index (χ2v) is 17.0. The predicted molar refractivity (Wildman–Crippen MR) is 275 cm³/mol. The van der Waals surface area contributed by atoms with Crippen LogP contribution < -0.4 is 0 Å². The van der Waals surface area contributed by atoms with Gasteiger partial charge in [-0.3, -0.25) is 9.13 Å². The summed E-state index contributed by atoms with van der Waals surface area (Å²) in [6.07, 6.45) is 9.49. The van der Waals surface area contributed by atoms with Gasteiger partial charge in [0.1, 0.15) is 23.0 Å². The molecule has 1 unspecified atom stereocenters. The maximum Gasteiger partial charge on any atom is 0.179 e. The molecule has 68 heavy (non-hydrogen) atoms. The van der Waals surface area contributed by atoms with Crippen molar-refractivity contribution in [2.45, 2.75) is 12.3 Å². The molecule has 0 N–H and O–H groups in total. The maximum absolute atomic E-state index is 5.37. The third-order valence-electron chi connectivity index (χ3n) is 12.9. The van der Waals surface area contributed by atoms with Crippen LogP contribution in [0.5, 0.6) is 0 Å². The van der Waals surface area contributed by atoms with Crippen molar-refractivity contribution in [3.05, 3.63) is 230 Å². The molecule has 0 bridgehead atoms. The Morgan fingerprint density at radius 3 is 1.29 bits per heavy atom. The van der Waals surface area contributed by atoms with E-state index in [9.17, 15) is 0 Å². The van der Waals surface area contributed by atoms with Crippen molar-refractivity contribution in [3.8, 4) is 68.4 Å². The summed E-state index contributed by atoms with van der Waals surface area (Å²) in [6, 6.07) is 68.9. The zero-order chi connectivity index (χ0) is 45.0. The Kier molecular flexibility index (Phi) is 9.45. The van der Waals surface area contributed by atoms with Gasteiger partial charge in [-0.1, -0.05) is 164 Å². The van der Waals surface area contributed by atoms with E-state index in [4.69, 9.17) is 29.9 Å². The highest BCUT2D eigenvalue weighted by Gasteiger charge is 2.23. The second-order valence-electron chi connectivity index (χ2n) is 17.0. The lowest BCUT2D eigenvalue weighted by Crippen LogP contribution is -2.05. The van der Waals surface area contributed by atoms with Crippen LogP contribution in [0.1, 0.15) is 18.0 Å². The number of hydrogen-bond donors (Lipinski definition) is 0. The number of pyridine rings is 2. The van der Waals surface area contributed by atoms with Crippen LogP contribution in [0.2, 0.25) is 0 Å². The first-order valence-corrected chi connectivity index (χ1v) is 22.9. The molecular formula is C60H40N8. The fraction of sp³-hybridized carbons (Fsp3) is 0.0333. The summed E-state index contributed by atoms with van der Waals surface area (Å²) < 4.78 is 4.54. The molecule has 1 atom stereocenters. The molecule has 0 fully saturated rings. The van der Waals surface area contributed by atoms with E-state index in [1.54, 1.807) is 0 Å². The zero-order valence-electron chi connectivity index (χ0n) is 36.7. The third kappa shape index (κ3) is 6.77. The lowest BCUT2D eigenvalue weighted by molar-refractivity contribution is 0.810. The summed E-state index contributed by atoms with van der Waals surface area (Å²) in [5, 5.41) is 4.54. The fourth-order valence-corrected chi connectivity index (χ4v) is 9.76. The Morgan fingerprint density at radius 1 is 0.353 bits per heavy atom. The van der Waals surface area contributed by atoms with E-state index in [0.29, 0.717) is 23.0 Å². The Hall–Kier alpha value is -9.14. The van der Waals surface area contributed by atoms with Crippen molar-refractivity contribution in [2.24, 2.45) is 0 Å². The Labute approximate surface area is 392 Å². The van der Waals surface area contributed by atoms with Crippen LogP contribution in [0.4, 0.5) is 0 Å². The van der Waals surface area contributed by atoms with E-state index < -0.39 is 0 Å². The van der Waals surface area contributed by atoms with Crippen LogP contribution in [0.25, 0.3) is 112 Å². The molecule has 0 saturated heterocycles. The van der Waals surface area contributed by atoms with Crippen LogP contribution in [0.3, 0.4) is 0 Å².